The summed E-state index contributed by atoms with van der Waals surface area (Å²) < 4.78 is 89.3. The third kappa shape index (κ3) is 23.4. The summed E-state index contributed by atoms with van der Waals surface area (Å²) in [6.45, 7) is 13.9. The van der Waals surface area contributed by atoms with Crippen molar-refractivity contribution >= 4 is 21.8 Å². The van der Waals surface area contributed by atoms with Gasteiger partial charge in [0.1, 0.15) is 49.4 Å². The molecule has 0 N–H and O–H groups in total. The summed E-state index contributed by atoms with van der Waals surface area (Å²) in [6.07, 6.45) is 3.41. The Morgan fingerprint density at radius 1 is 0.303 bits per heavy atom. The van der Waals surface area contributed by atoms with Gasteiger partial charge in [0, 0.05) is 11.4 Å². The second-order valence-corrected chi connectivity index (χ2v) is 16.4. The summed E-state index contributed by atoms with van der Waals surface area (Å²) in [5.41, 5.74) is 5.12. The molecule has 3 aromatic heterocycles. The van der Waals surface area contributed by atoms with Gasteiger partial charge in [-0.15, -0.1) is 35.3 Å². The Kier molecular flexibility index (Phi) is 30.1. The molecule has 20 heteroatoms. The van der Waals surface area contributed by atoms with Gasteiger partial charge in [-0.3, -0.25) is 9.97 Å². The van der Waals surface area contributed by atoms with Crippen molar-refractivity contribution in [3.63, 3.8) is 0 Å². The fraction of sp³-hybridized carbons (Fsp3) is 0.500. The minimum absolute atomic E-state index is 0. The number of hydrogen-bond acceptors (Lipinski definition) is 18. The monoisotopic (exact) mass is 1240 g/mol. The molecule has 416 valence electrons. The molecular formula is C56H71N3O16Pt. The van der Waals surface area contributed by atoms with Crippen molar-refractivity contribution in [3.8, 4) is 45.5 Å². The molecule has 7 heterocycles. The van der Waals surface area contributed by atoms with Gasteiger partial charge in [-0.2, -0.15) is 0 Å². The number of hydrogen-bond donors (Lipinski definition) is 0. The molecule has 6 aromatic rings. The average Bonchev–Trinajstić information content (AvgIpc) is 3.81. The summed E-state index contributed by atoms with van der Waals surface area (Å²) >= 11 is 0. The van der Waals surface area contributed by atoms with E-state index in [1.54, 1.807) is 12.4 Å². The minimum atomic E-state index is 0. The molecule has 19 nitrogen and oxygen atoms in total. The van der Waals surface area contributed by atoms with Crippen LogP contribution in [0, 0.1) is 6.07 Å². The molecular weight excluding hydrogens is 1170 g/mol. The van der Waals surface area contributed by atoms with Gasteiger partial charge in [0.15, 0.2) is 0 Å². The SMILES string of the molecule is [Pt+2].[c-]1c2cccc1-c1ccc(cn1)OCCOCCOCCOCCOCCOCCOCCOc1ccc-2nc1.c1cc2c3cc1OCCOCCOCCOCCOCCOCCOCCOc1ccc2c(c1)[n-]3. The first-order chi connectivity index (χ1) is 37.3. The van der Waals surface area contributed by atoms with E-state index in [1.165, 1.54) is 0 Å². The number of fused-ring (bicyclic) bond motifs is 5. The Balaban J connectivity index is 0.000000245. The quantitative estimate of drug-likeness (QED) is 0.154. The van der Waals surface area contributed by atoms with Gasteiger partial charge in [0.05, 0.1) is 171 Å². The van der Waals surface area contributed by atoms with Crippen molar-refractivity contribution in [2.24, 2.45) is 0 Å². The van der Waals surface area contributed by atoms with Crippen LogP contribution in [0.3, 0.4) is 0 Å². The molecule has 0 radical (unpaired) electrons. The zero-order valence-corrected chi connectivity index (χ0v) is 45.4. The van der Waals surface area contributed by atoms with E-state index < -0.39 is 0 Å². The molecule has 76 heavy (non-hydrogen) atoms. The summed E-state index contributed by atoms with van der Waals surface area (Å²) in [6, 6.07) is 28.8. The smallest absolute Gasteiger partial charge is 0.657 e. The molecule has 0 saturated heterocycles. The minimum Gasteiger partial charge on any atom is -0.657 e. The van der Waals surface area contributed by atoms with E-state index >= 15 is 0 Å². The fourth-order valence-corrected chi connectivity index (χ4v) is 7.27. The molecule has 0 amide bonds. The number of nitrogens with zero attached hydrogens (tertiary/aromatic N) is 3. The summed E-state index contributed by atoms with van der Waals surface area (Å²) in [5.74, 6) is 2.89. The molecule has 0 aliphatic carbocycles. The molecule has 0 spiro atoms. The Morgan fingerprint density at radius 3 is 0.842 bits per heavy atom. The van der Waals surface area contributed by atoms with E-state index in [9.17, 15) is 0 Å². The molecule has 3 aromatic carbocycles. The van der Waals surface area contributed by atoms with E-state index in [4.69, 9.17) is 80.8 Å². The number of aromatic nitrogens is 3. The summed E-state index contributed by atoms with van der Waals surface area (Å²) in [4.78, 5) is 13.8. The van der Waals surface area contributed by atoms with Crippen molar-refractivity contribution in [1.82, 2.24) is 15.0 Å². The first kappa shape index (κ1) is 60.4. The van der Waals surface area contributed by atoms with Crippen molar-refractivity contribution < 1.29 is 96.9 Å². The molecule has 0 saturated carbocycles. The molecule has 0 unspecified atom stereocenters. The fourth-order valence-electron chi connectivity index (χ4n) is 7.27. The maximum Gasteiger partial charge on any atom is 2.00 e. The number of benzene rings is 3. The van der Waals surface area contributed by atoms with Gasteiger partial charge in [-0.1, -0.05) is 35.4 Å². The van der Waals surface area contributed by atoms with Gasteiger partial charge in [-0.05, 0) is 47.2 Å². The van der Waals surface area contributed by atoms with Crippen molar-refractivity contribution in [2.45, 2.75) is 0 Å². The van der Waals surface area contributed by atoms with Crippen LogP contribution in [0.25, 0.3) is 44.3 Å². The predicted octanol–water partition coefficient (Wildman–Crippen LogP) is 6.30. The molecule has 0 atom stereocenters. The number of rotatable bonds is 0. The normalized spacial score (nSPS) is 18.3. The third-order valence-electron chi connectivity index (χ3n) is 11.0. The second-order valence-electron chi connectivity index (χ2n) is 16.4. The first-order valence-electron chi connectivity index (χ1n) is 25.7. The average molecular weight is 1240 g/mol. The zero-order chi connectivity index (χ0) is 51.5. The number of pyridine rings is 2. The van der Waals surface area contributed by atoms with Gasteiger partial charge in [-0.25, -0.2) is 0 Å². The van der Waals surface area contributed by atoms with Crippen LogP contribution in [0.5, 0.6) is 23.0 Å². The molecule has 10 rings (SSSR count). The van der Waals surface area contributed by atoms with Crippen LogP contribution in [0.4, 0.5) is 0 Å². The van der Waals surface area contributed by atoms with E-state index in [1.807, 2.05) is 78.9 Å². The van der Waals surface area contributed by atoms with Gasteiger partial charge >= 0.3 is 21.1 Å². The Bertz CT molecular complexity index is 2270. The van der Waals surface area contributed by atoms with Gasteiger partial charge in [0.2, 0.25) is 0 Å². The summed E-state index contributed by atoms with van der Waals surface area (Å²) in [5, 5.41) is 2.18. The predicted molar refractivity (Wildman–Crippen MR) is 278 cm³/mol. The summed E-state index contributed by atoms with van der Waals surface area (Å²) in [7, 11) is 0. The maximum atomic E-state index is 5.83. The molecule has 0 fully saturated rings. The first-order valence-corrected chi connectivity index (χ1v) is 25.7. The van der Waals surface area contributed by atoms with Crippen LogP contribution in [0.15, 0.2) is 91.3 Å². The largest absolute Gasteiger partial charge is 2.00 e. The van der Waals surface area contributed by atoms with E-state index in [-0.39, 0.29) is 21.1 Å². The topological polar surface area (TPSA) is 188 Å². The van der Waals surface area contributed by atoms with Gasteiger partial charge in [0.25, 0.3) is 0 Å². The van der Waals surface area contributed by atoms with Crippen LogP contribution in [0.1, 0.15) is 0 Å². The van der Waals surface area contributed by atoms with Crippen LogP contribution >= 0.6 is 0 Å². The van der Waals surface area contributed by atoms with E-state index in [2.05, 4.69) is 16.0 Å². The Hall–Kier alpha value is -4.83. The second kappa shape index (κ2) is 37.9. The van der Waals surface area contributed by atoms with Gasteiger partial charge < -0.3 is 80.8 Å². The zero-order valence-electron chi connectivity index (χ0n) is 43.1. The van der Waals surface area contributed by atoms with E-state index in [0.717, 1.165) is 55.8 Å². The standard InChI is InChI=1S/C30H37N2O8.C26H34NO8.Pt/c1-2-25-22-26(3-1)30-7-5-28(24-32-30)40-21-19-38-17-15-36-13-11-34-9-8-33-10-12-35-14-16-37-18-20-39-27-4-6-29(25)31-23-27;1-3-23-24-4-2-22-20-26(24)27-25(23)19-21(1)34-17-15-32-13-11-30-9-7-28-5-6-29-8-10-31-12-14-33-16-18-35-22;/h1-7,23-24H,8-21H2;1-4,19-20H,5-18H2;/q2*-1;+2. The number of ether oxygens (including phenoxy) is 16. The third-order valence-corrected chi connectivity index (χ3v) is 11.0. The van der Waals surface area contributed by atoms with Crippen LogP contribution < -0.4 is 23.9 Å². The van der Waals surface area contributed by atoms with Crippen LogP contribution in [-0.4, -0.2) is 195 Å². The van der Waals surface area contributed by atoms with Crippen molar-refractivity contribution in [2.75, 3.05) is 185 Å². The molecule has 4 aliphatic heterocycles. The Labute approximate surface area is 459 Å². The Morgan fingerprint density at radius 2 is 0.566 bits per heavy atom. The van der Waals surface area contributed by atoms with E-state index in [0.29, 0.717) is 196 Å². The molecule has 4 aliphatic rings. The maximum absolute atomic E-state index is 5.83. The van der Waals surface area contributed by atoms with Crippen molar-refractivity contribution in [1.29, 1.82) is 0 Å². The van der Waals surface area contributed by atoms with Crippen molar-refractivity contribution in [3.05, 3.63) is 97.3 Å². The molecule has 10 bridgehead atoms. The van der Waals surface area contributed by atoms with Crippen LogP contribution in [0.2, 0.25) is 0 Å². The van der Waals surface area contributed by atoms with Crippen LogP contribution in [-0.2, 0) is 77.9 Å².